The highest BCUT2D eigenvalue weighted by molar-refractivity contribution is 5.91. The first-order chi connectivity index (χ1) is 12.1. The molecule has 0 saturated heterocycles. The smallest absolute Gasteiger partial charge is 0.338 e. The van der Waals surface area contributed by atoms with Crippen LogP contribution in [0.4, 0.5) is 0 Å². The van der Waals surface area contributed by atoms with Gasteiger partial charge in [0.25, 0.3) is 0 Å². The molecule has 1 N–H and O–H groups in total. The van der Waals surface area contributed by atoms with Crippen LogP contribution >= 0.6 is 0 Å². The lowest BCUT2D eigenvalue weighted by atomic mass is 9.89. The Hall–Kier alpha value is -3.14. The summed E-state index contributed by atoms with van der Waals surface area (Å²) in [6, 6.07) is 20.0. The van der Waals surface area contributed by atoms with Gasteiger partial charge in [0.1, 0.15) is 5.92 Å². The number of benzene rings is 3. The van der Waals surface area contributed by atoms with Crippen LogP contribution in [0, 0.1) is 0 Å². The number of ether oxygens (including phenoxy) is 1. The quantitative estimate of drug-likeness (QED) is 0.709. The second-order valence-corrected chi connectivity index (χ2v) is 5.72. The van der Waals surface area contributed by atoms with Gasteiger partial charge >= 0.3 is 11.9 Å². The maximum absolute atomic E-state index is 11.9. The Labute approximate surface area is 145 Å². The van der Waals surface area contributed by atoms with Crippen LogP contribution in [0.5, 0.6) is 0 Å². The Morgan fingerprint density at radius 3 is 2.36 bits per heavy atom. The van der Waals surface area contributed by atoms with Crippen LogP contribution < -0.4 is 0 Å². The Balaban J connectivity index is 2.05. The van der Waals surface area contributed by atoms with Crippen molar-refractivity contribution in [2.24, 2.45) is 0 Å². The van der Waals surface area contributed by atoms with E-state index in [0.29, 0.717) is 16.7 Å². The molecule has 0 saturated carbocycles. The van der Waals surface area contributed by atoms with Crippen LogP contribution in [-0.2, 0) is 9.53 Å². The second kappa shape index (κ2) is 7.18. The summed E-state index contributed by atoms with van der Waals surface area (Å²) in [6.45, 7) is 2.01. The number of carboxylic acids is 1. The number of esters is 1. The zero-order valence-corrected chi connectivity index (χ0v) is 13.8. The minimum atomic E-state index is -0.962. The standard InChI is InChI=1S/C21H18O4/c1-2-25-21(24)18-9-5-8-16(13-18)19(20(22)23)17-11-10-14-6-3-4-7-15(14)12-17/h3-13,19H,2H2,1H3,(H,22,23)/t19-/m1/s1. The zero-order valence-electron chi connectivity index (χ0n) is 13.8. The predicted octanol–water partition coefficient (Wildman–Crippen LogP) is 4.23. The summed E-state index contributed by atoms with van der Waals surface area (Å²) >= 11 is 0. The number of carbonyl (C=O) groups is 2. The number of carbonyl (C=O) groups excluding carboxylic acids is 1. The third-order valence-electron chi connectivity index (χ3n) is 4.08. The van der Waals surface area contributed by atoms with Crippen molar-refractivity contribution in [1.29, 1.82) is 0 Å². The normalized spacial score (nSPS) is 11.9. The number of hydrogen-bond acceptors (Lipinski definition) is 3. The summed E-state index contributed by atoms with van der Waals surface area (Å²) in [4.78, 5) is 23.9. The molecule has 0 unspecified atom stereocenters. The van der Waals surface area contributed by atoms with Crippen molar-refractivity contribution < 1.29 is 19.4 Å². The van der Waals surface area contributed by atoms with Crippen molar-refractivity contribution in [2.45, 2.75) is 12.8 Å². The van der Waals surface area contributed by atoms with E-state index in [4.69, 9.17) is 4.74 Å². The second-order valence-electron chi connectivity index (χ2n) is 5.72. The molecular formula is C21H18O4. The third-order valence-corrected chi connectivity index (χ3v) is 4.08. The zero-order chi connectivity index (χ0) is 17.8. The molecule has 0 spiro atoms. The Morgan fingerprint density at radius 1 is 0.920 bits per heavy atom. The van der Waals surface area contributed by atoms with Gasteiger partial charge in [-0.3, -0.25) is 4.79 Å². The first-order valence-electron chi connectivity index (χ1n) is 8.08. The monoisotopic (exact) mass is 334 g/mol. The van der Waals surface area contributed by atoms with Gasteiger partial charge in [0.15, 0.2) is 0 Å². The molecule has 0 heterocycles. The van der Waals surface area contributed by atoms with E-state index >= 15 is 0 Å². The van der Waals surface area contributed by atoms with Gasteiger partial charge in [-0.25, -0.2) is 4.79 Å². The average molecular weight is 334 g/mol. The Morgan fingerprint density at radius 2 is 1.64 bits per heavy atom. The van der Waals surface area contributed by atoms with Crippen LogP contribution in [0.15, 0.2) is 66.7 Å². The van der Waals surface area contributed by atoms with Crippen molar-refractivity contribution in [3.63, 3.8) is 0 Å². The minimum absolute atomic E-state index is 0.274. The van der Waals surface area contributed by atoms with Crippen LogP contribution in [0.25, 0.3) is 10.8 Å². The van der Waals surface area contributed by atoms with E-state index in [9.17, 15) is 14.7 Å². The molecule has 3 aromatic rings. The molecule has 0 amide bonds. The Bertz CT molecular complexity index is 930. The van der Waals surface area contributed by atoms with Gasteiger partial charge in [0, 0.05) is 0 Å². The summed E-state index contributed by atoms with van der Waals surface area (Å²) in [5.41, 5.74) is 1.58. The fraction of sp³-hybridized carbons (Fsp3) is 0.143. The summed E-state index contributed by atoms with van der Waals surface area (Å²) in [6.07, 6.45) is 0. The summed E-state index contributed by atoms with van der Waals surface area (Å²) in [5, 5.41) is 11.8. The Kier molecular flexibility index (Phi) is 4.80. The van der Waals surface area contributed by atoms with Crippen molar-refractivity contribution in [3.05, 3.63) is 83.4 Å². The first kappa shape index (κ1) is 16.7. The molecule has 3 rings (SSSR count). The van der Waals surface area contributed by atoms with Gasteiger partial charge in [0.2, 0.25) is 0 Å². The molecule has 0 bridgehead atoms. The van der Waals surface area contributed by atoms with Crippen LogP contribution in [0.1, 0.15) is 34.3 Å². The maximum Gasteiger partial charge on any atom is 0.338 e. The van der Waals surface area contributed by atoms with Crippen LogP contribution in [0.3, 0.4) is 0 Å². The van der Waals surface area contributed by atoms with Gasteiger partial charge in [-0.2, -0.15) is 0 Å². The van der Waals surface area contributed by atoms with Gasteiger partial charge in [-0.05, 0) is 47.0 Å². The average Bonchev–Trinajstić information content (AvgIpc) is 2.62. The van der Waals surface area contributed by atoms with Crippen LogP contribution in [-0.4, -0.2) is 23.7 Å². The molecule has 3 aromatic carbocycles. The molecular weight excluding hydrogens is 316 g/mol. The molecule has 0 aromatic heterocycles. The van der Waals surface area contributed by atoms with Gasteiger partial charge in [-0.15, -0.1) is 0 Å². The van der Waals surface area contributed by atoms with E-state index in [1.165, 1.54) is 0 Å². The molecule has 25 heavy (non-hydrogen) atoms. The van der Waals surface area contributed by atoms with E-state index in [0.717, 1.165) is 10.8 Å². The molecule has 0 fully saturated rings. The molecule has 4 heteroatoms. The van der Waals surface area contributed by atoms with Crippen molar-refractivity contribution in [1.82, 2.24) is 0 Å². The van der Waals surface area contributed by atoms with E-state index in [1.807, 2.05) is 42.5 Å². The van der Waals surface area contributed by atoms with Gasteiger partial charge < -0.3 is 9.84 Å². The first-order valence-corrected chi connectivity index (χ1v) is 8.08. The summed E-state index contributed by atoms with van der Waals surface area (Å²) in [7, 11) is 0. The lowest BCUT2D eigenvalue weighted by Crippen LogP contribution is -2.14. The van der Waals surface area contributed by atoms with Gasteiger partial charge in [-0.1, -0.05) is 48.5 Å². The van der Waals surface area contributed by atoms with E-state index < -0.39 is 17.9 Å². The van der Waals surface area contributed by atoms with E-state index in [2.05, 4.69) is 0 Å². The summed E-state index contributed by atoms with van der Waals surface area (Å²) in [5.74, 6) is -2.26. The molecule has 1 atom stereocenters. The number of hydrogen-bond donors (Lipinski definition) is 1. The fourth-order valence-electron chi connectivity index (χ4n) is 2.92. The highest BCUT2D eigenvalue weighted by Gasteiger charge is 2.23. The fourth-order valence-corrected chi connectivity index (χ4v) is 2.92. The van der Waals surface area contributed by atoms with Crippen molar-refractivity contribution >= 4 is 22.7 Å². The van der Waals surface area contributed by atoms with Crippen molar-refractivity contribution in [2.75, 3.05) is 6.61 Å². The van der Waals surface area contributed by atoms with Gasteiger partial charge in [0.05, 0.1) is 12.2 Å². The maximum atomic E-state index is 11.9. The SMILES string of the molecule is CCOC(=O)c1cccc([C@@H](C(=O)O)c2ccc3ccccc3c2)c1. The topological polar surface area (TPSA) is 63.6 Å². The molecule has 4 nitrogen and oxygen atoms in total. The highest BCUT2D eigenvalue weighted by Crippen LogP contribution is 2.28. The molecule has 0 aliphatic carbocycles. The molecule has 0 aliphatic rings. The van der Waals surface area contributed by atoms with Crippen LogP contribution in [0.2, 0.25) is 0 Å². The number of fused-ring (bicyclic) bond motifs is 1. The van der Waals surface area contributed by atoms with E-state index in [-0.39, 0.29) is 6.61 Å². The molecule has 0 aliphatic heterocycles. The predicted molar refractivity (Wildman–Crippen MR) is 95.8 cm³/mol. The lowest BCUT2D eigenvalue weighted by Gasteiger charge is -2.15. The molecule has 0 radical (unpaired) electrons. The largest absolute Gasteiger partial charge is 0.481 e. The highest BCUT2D eigenvalue weighted by atomic mass is 16.5. The lowest BCUT2D eigenvalue weighted by molar-refractivity contribution is -0.137. The third kappa shape index (κ3) is 3.53. The van der Waals surface area contributed by atoms with Crippen molar-refractivity contribution in [3.8, 4) is 0 Å². The van der Waals surface area contributed by atoms with E-state index in [1.54, 1.807) is 31.2 Å². The number of aliphatic carboxylic acids is 1. The summed E-state index contributed by atoms with van der Waals surface area (Å²) < 4.78 is 5.00. The number of rotatable bonds is 5. The molecule has 126 valence electrons. The minimum Gasteiger partial charge on any atom is -0.481 e. The number of carboxylic acid groups (broad SMARTS) is 1.